The Hall–Kier alpha value is -1.80. The van der Waals surface area contributed by atoms with Crippen molar-refractivity contribution in [1.82, 2.24) is 9.21 Å². The molecule has 1 aromatic rings. The summed E-state index contributed by atoms with van der Waals surface area (Å²) in [6, 6.07) is 3.45. The van der Waals surface area contributed by atoms with Crippen LogP contribution in [-0.2, 0) is 10.0 Å². The molecule has 0 radical (unpaired) electrons. The monoisotopic (exact) mass is 356 g/mol. The van der Waals surface area contributed by atoms with Gasteiger partial charge in [-0.05, 0) is 31.0 Å². The third kappa shape index (κ3) is 3.99. The summed E-state index contributed by atoms with van der Waals surface area (Å²) < 4.78 is 35.3. The number of rotatable bonds is 4. The second-order valence-electron chi connectivity index (χ2n) is 5.83. The van der Waals surface area contributed by atoms with Crippen LogP contribution in [0.4, 0.5) is 0 Å². The molecule has 1 amide bonds. The number of ether oxygens (including phenoxy) is 2. The Balaban J connectivity index is 2.23. The Morgan fingerprint density at radius 1 is 1.04 bits per heavy atom. The predicted octanol–water partition coefficient (Wildman–Crippen LogP) is 1.12. The highest BCUT2D eigenvalue weighted by atomic mass is 32.2. The summed E-state index contributed by atoms with van der Waals surface area (Å²) in [7, 11) is -0.158. The lowest BCUT2D eigenvalue weighted by Crippen LogP contribution is -2.37. The number of aryl methyl sites for hydroxylation is 1. The van der Waals surface area contributed by atoms with E-state index in [1.807, 2.05) is 6.92 Å². The largest absolute Gasteiger partial charge is 0.493 e. The van der Waals surface area contributed by atoms with Gasteiger partial charge < -0.3 is 14.4 Å². The van der Waals surface area contributed by atoms with Crippen LogP contribution in [0.15, 0.2) is 12.1 Å². The minimum Gasteiger partial charge on any atom is -0.493 e. The van der Waals surface area contributed by atoms with Gasteiger partial charge in [0, 0.05) is 31.7 Å². The van der Waals surface area contributed by atoms with E-state index in [1.54, 1.807) is 24.1 Å². The van der Waals surface area contributed by atoms with Crippen molar-refractivity contribution in [1.29, 1.82) is 0 Å². The first-order valence-electron chi connectivity index (χ1n) is 7.75. The van der Waals surface area contributed by atoms with Crippen molar-refractivity contribution in [2.24, 2.45) is 0 Å². The van der Waals surface area contributed by atoms with Gasteiger partial charge in [0.2, 0.25) is 10.0 Å². The zero-order valence-electron chi connectivity index (χ0n) is 14.5. The minimum absolute atomic E-state index is 0.121. The maximum atomic E-state index is 12.9. The van der Waals surface area contributed by atoms with Gasteiger partial charge in [-0.25, -0.2) is 12.7 Å². The van der Waals surface area contributed by atoms with E-state index in [0.29, 0.717) is 49.7 Å². The number of sulfonamides is 1. The van der Waals surface area contributed by atoms with Crippen LogP contribution in [0.3, 0.4) is 0 Å². The zero-order chi connectivity index (χ0) is 17.9. The second kappa shape index (κ2) is 7.40. The quantitative estimate of drug-likeness (QED) is 0.808. The van der Waals surface area contributed by atoms with Crippen LogP contribution in [0, 0.1) is 6.92 Å². The Morgan fingerprint density at radius 3 is 2.25 bits per heavy atom. The molecule has 0 aromatic heterocycles. The first-order valence-corrected chi connectivity index (χ1v) is 9.59. The Morgan fingerprint density at radius 2 is 1.67 bits per heavy atom. The molecular weight excluding hydrogens is 332 g/mol. The van der Waals surface area contributed by atoms with Gasteiger partial charge in [-0.15, -0.1) is 0 Å². The molecule has 0 saturated carbocycles. The van der Waals surface area contributed by atoms with Gasteiger partial charge >= 0.3 is 0 Å². The molecular formula is C16H24N2O5S. The number of nitrogens with zero attached hydrogens (tertiary/aromatic N) is 2. The standard InChI is InChI=1S/C16H24N2O5S/c1-12-10-14(22-2)15(23-3)11-13(12)16(19)17-6-5-7-18(9-8-17)24(4,20)21/h10-11H,5-9H2,1-4H3. The molecule has 0 aliphatic carbocycles. The van der Waals surface area contributed by atoms with Crippen LogP contribution >= 0.6 is 0 Å². The predicted molar refractivity (Wildman–Crippen MR) is 91.2 cm³/mol. The maximum Gasteiger partial charge on any atom is 0.254 e. The fourth-order valence-electron chi connectivity index (χ4n) is 2.81. The number of carbonyl (C=O) groups excluding carboxylic acids is 1. The molecule has 0 N–H and O–H groups in total. The molecule has 0 bridgehead atoms. The van der Waals surface area contributed by atoms with Crippen LogP contribution in [0.2, 0.25) is 0 Å². The van der Waals surface area contributed by atoms with Crippen molar-refractivity contribution >= 4 is 15.9 Å². The van der Waals surface area contributed by atoms with Crippen LogP contribution in [0.1, 0.15) is 22.3 Å². The van der Waals surface area contributed by atoms with Gasteiger partial charge in [-0.2, -0.15) is 0 Å². The Bertz CT molecular complexity index is 717. The van der Waals surface area contributed by atoms with E-state index in [0.717, 1.165) is 5.56 Å². The zero-order valence-corrected chi connectivity index (χ0v) is 15.4. The highest BCUT2D eigenvalue weighted by molar-refractivity contribution is 7.88. The normalized spacial score (nSPS) is 16.6. The highest BCUT2D eigenvalue weighted by Gasteiger charge is 2.26. The van der Waals surface area contributed by atoms with Crippen molar-refractivity contribution in [2.75, 3.05) is 46.7 Å². The third-order valence-corrected chi connectivity index (χ3v) is 5.48. The maximum absolute atomic E-state index is 12.9. The smallest absolute Gasteiger partial charge is 0.254 e. The van der Waals surface area contributed by atoms with Crippen LogP contribution in [0.25, 0.3) is 0 Å². The van der Waals surface area contributed by atoms with Gasteiger partial charge in [0.25, 0.3) is 5.91 Å². The second-order valence-corrected chi connectivity index (χ2v) is 7.81. The van der Waals surface area contributed by atoms with E-state index in [-0.39, 0.29) is 5.91 Å². The van der Waals surface area contributed by atoms with Crippen LogP contribution in [-0.4, -0.2) is 70.2 Å². The third-order valence-electron chi connectivity index (χ3n) is 4.17. The molecule has 1 aliphatic heterocycles. The average Bonchev–Trinajstić information content (AvgIpc) is 2.79. The number of carbonyl (C=O) groups is 1. The van der Waals surface area contributed by atoms with Gasteiger partial charge in [-0.1, -0.05) is 0 Å². The molecule has 1 saturated heterocycles. The van der Waals surface area contributed by atoms with Gasteiger partial charge in [0.1, 0.15) is 0 Å². The van der Waals surface area contributed by atoms with E-state index in [9.17, 15) is 13.2 Å². The van der Waals surface area contributed by atoms with Gasteiger partial charge in [0.15, 0.2) is 11.5 Å². The van der Waals surface area contributed by atoms with E-state index in [1.165, 1.54) is 17.7 Å². The van der Waals surface area contributed by atoms with Gasteiger partial charge in [-0.3, -0.25) is 4.79 Å². The first-order chi connectivity index (χ1) is 11.3. The van der Waals surface area contributed by atoms with Crippen molar-refractivity contribution in [2.45, 2.75) is 13.3 Å². The number of methoxy groups -OCH3 is 2. The molecule has 0 unspecified atom stereocenters. The molecule has 1 fully saturated rings. The molecule has 0 atom stereocenters. The van der Waals surface area contributed by atoms with Crippen molar-refractivity contribution in [3.05, 3.63) is 23.3 Å². The summed E-state index contributed by atoms with van der Waals surface area (Å²) in [4.78, 5) is 14.6. The average molecular weight is 356 g/mol. The SMILES string of the molecule is COc1cc(C)c(C(=O)N2CCCN(S(C)(=O)=O)CC2)cc1OC. The Kier molecular flexibility index (Phi) is 5.71. The van der Waals surface area contributed by atoms with E-state index in [2.05, 4.69) is 0 Å². The molecule has 2 rings (SSSR count). The molecule has 134 valence electrons. The van der Waals surface area contributed by atoms with Gasteiger partial charge in [0.05, 0.1) is 20.5 Å². The highest BCUT2D eigenvalue weighted by Crippen LogP contribution is 2.31. The lowest BCUT2D eigenvalue weighted by molar-refractivity contribution is 0.0763. The summed E-state index contributed by atoms with van der Waals surface area (Å²) in [5.41, 5.74) is 1.34. The molecule has 24 heavy (non-hydrogen) atoms. The van der Waals surface area contributed by atoms with E-state index in [4.69, 9.17) is 9.47 Å². The molecule has 8 heteroatoms. The van der Waals surface area contributed by atoms with Crippen molar-refractivity contribution in [3.8, 4) is 11.5 Å². The molecule has 1 aliphatic rings. The first kappa shape index (κ1) is 18.5. The van der Waals surface area contributed by atoms with Crippen molar-refractivity contribution < 1.29 is 22.7 Å². The van der Waals surface area contributed by atoms with Crippen LogP contribution < -0.4 is 9.47 Å². The summed E-state index contributed by atoms with van der Waals surface area (Å²) >= 11 is 0. The topological polar surface area (TPSA) is 76.2 Å². The lowest BCUT2D eigenvalue weighted by atomic mass is 10.1. The Labute approximate surface area is 143 Å². The molecule has 7 nitrogen and oxygen atoms in total. The lowest BCUT2D eigenvalue weighted by Gasteiger charge is -2.22. The minimum atomic E-state index is -3.23. The summed E-state index contributed by atoms with van der Waals surface area (Å²) in [6.45, 7) is 3.50. The fourth-order valence-corrected chi connectivity index (χ4v) is 3.68. The summed E-state index contributed by atoms with van der Waals surface area (Å²) in [5.74, 6) is 0.952. The van der Waals surface area contributed by atoms with Crippen molar-refractivity contribution in [3.63, 3.8) is 0 Å². The number of hydrogen-bond acceptors (Lipinski definition) is 5. The number of hydrogen-bond donors (Lipinski definition) is 0. The molecule has 0 spiro atoms. The van der Waals surface area contributed by atoms with E-state index >= 15 is 0 Å². The fraction of sp³-hybridized carbons (Fsp3) is 0.562. The molecule has 1 aromatic carbocycles. The number of benzene rings is 1. The summed E-state index contributed by atoms with van der Waals surface area (Å²) in [5, 5.41) is 0. The van der Waals surface area contributed by atoms with E-state index < -0.39 is 10.0 Å². The van der Waals surface area contributed by atoms with Crippen LogP contribution in [0.5, 0.6) is 11.5 Å². The summed E-state index contributed by atoms with van der Waals surface area (Å²) in [6.07, 6.45) is 1.81. The molecule has 1 heterocycles. The number of amides is 1.